The third-order valence-corrected chi connectivity index (χ3v) is 1.95. The van der Waals surface area contributed by atoms with Gasteiger partial charge in [0.1, 0.15) is 6.61 Å². The number of nitrogens with two attached hydrogens (primary N) is 1. The average Bonchev–Trinajstić information content (AvgIpc) is 2.66. The number of rotatable bonds is 6. The van der Waals surface area contributed by atoms with Gasteiger partial charge < -0.3 is 15.6 Å². The molecule has 0 saturated carbocycles. The summed E-state index contributed by atoms with van der Waals surface area (Å²) in [4.78, 5) is 10.7. The van der Waals surface area contributed by atoms with Crippen LogP contribution in [-0.2, 0) is 17.8 Å². The molecule has 0 aliphatic carbocycles. The molecule has 0 radical (unpaired) electrons. The van der Waals surface area contributed by atoms with Crippen LogP contribution >= 0.6 is 0 Å². The van der Waals surface area contributed by atoms with Crippen molar-refractivity contribution in [2.24, 2.45) is 5.73 Å². The molecule has 18 heavy (non-hydrogen) atoms. The predicted molar refractivity (Wildman–Crippen MR) is 51.7 cm³/mol. The van der Waals surface area contributed by atoms with Crippen LogP contribution in [0.2, 0.25) is 0 Å². The summed E-state index contributed by atoms with van der Waals surface area (Å²) in [6.07, 6.45) is -4.40. The minimum absolute atomic E-state index is 0.0527. The zero-order valence-electron chi connectivity index (χ0n) is 9.15. The Labute approximate surface area is 99.3 Å². The molecule has 0 atom stereocenters. The highest BCUT2D eigenvalue weighted by molar-refractivity contribution is 5.86. The summed E-state index contributed by atoms with van der Waals surface area (Å²) in [5.41, 5.74) is 5.15. The van der Waals surface area contributed by atoms with Crippen LogP contribution in [0, 0.1) is 0 Å². The van der Waals surface area contributed by atoms with E-state index in [1.807, 2.05) is 0 Å². The quantitative estimate of drug-likeness (QED) is 0.705. The fourth-order valence-corrected chi connectivity index (χ4v) is 1.22. The highest BCUT2D eigenvalue weighted by Crippen LogP contribution is 2.14. The molecule has 1 aromatic rings. The van der Waals surface area contributed by atoms with Gasteiger partial charge in [-0.1, -0.05) is 5.21 Å². The number of aromatic carboxylic acids is 1. The molecule has 0 saturated heterocycles. The number of nitrogens with zero attached hydrogens (tertiary/aromatic N) is 3. The first-order valence-corrected chi connectivity index (χ1v) is 4.85. The van der Waals surface area contributed by atoms with E-state index in [1.165, 1.54) is 0 Å². The Morgan fingerprint density at radius 1 is 1.50 bits per heavy atom. The van der Waals surface area contributed by atoms with E-state index < -0.39 is 18.8 Å². The van der Waals surface area contributed by atoms with Crippen molar-refractivity contribution < 1.29 is 27.8 Å². The number of hydrogen-bond acceptors (Lipinski definition) is 5. The second kappa shape index (κ2) is 5.78. The fraction of sp³-hybridized carbons (Fsp3) is 0.625. The van der Waals surface area contributed by atoms with Crippen molar-refractivity contribution in [2.75, 3.05) is 13.2 Å². The number of carbonyl (C=O) groups is 1. The van der Waals surface area contributed by atoms with E-state index >= 15 is 0 Å². The van der Waals surface area contributed by atoms with Crippen LogP contribution in [0.4, 0.5) is 13.2 Å². The molecule has 1 heterocycles. The lowest BCUT2D eigenvalue weighted by Gasteiger charge is -2.08. The summed E-state index contributed by atoms with van der Waals surface area (Å²) >= 11 is 0. The molecular formula is C8H11F3N4O3. The first kappa shape index (κ1) is 14.4. The molecule has 102 valence electrons. The Morgan fingerprint density at radius 2 is 2.17 bits per heavy atom. The Morgan fingerprint density at radius 3 is 2.67 bits per heavy atom. The van der Waals surface area contributed by atoms with Crippen LogP contribution in [0.3, 0.4) is 0 Å². The van der Waals surface area contributed by atoms with Gasteiger partial charge in [-0.05, 0) is 0 Å². The Hall–Kier alpha value is -1.68. The lowest BCUT2D eigenvalue weighted by atomic mass is 10.3. The Bertz CT molecular complexity index is 418. The summed E-state index contributed by atoms with van der Waals surface area (Å²) < 4.78 is 40.8. The predicted octanol–water partition coefficient (Wildman–Crippen LogP) is 0.0139. The van der Waals surface area contributed by atoms with Gasteiger partial charge in [0, 0.05) is 6.54 Å². The second-order valence-electron chi connectivity index (χ2n) is 3.28. The molecule has 3 N–H and O–H groups in total. The molecule has 0 bridgehead atoms. The highest BCUT2D eigenvalue weighted by atomic mass is 19.4. The van der Waals surface area contributed by atoms with E-state index in [1.54, 1.807) is 0 Å². The molecule has 10 heteroatoms. The van der Waals surface area contributed by atoms with Gasteiger partial charge in [0.15, 0.2) is 5.69 Å². The molecule has 1 rings (SSSR count). The van der Waals surface area contributed by atoms with E-state index in [-0.39, 0.29) is 31.1 Å². The number of carboxylic acids is 1. The summed E-state index contributed by atoms with van der Waals surface area (Å²) in [7, 11) is 0. The van der Waals surface area contributed by atoms with Crippen molar-refractivity contribution in [3.8, 4) is 0 Å². The highest BCUT2D eigenvalue weighted by Gasteiger charge is 2.27. The van der Waals surface area contributed by atoms with Crippen molar-refractivity contribution in [2.45, 2.75) is 19.3 Å². The number of ether oxygens (including phenoxy) is 1. The molecule has 7 nitrogen and oxygen atoms in total. The number of halogens is 3. The smallest absolute Gasteiger partial charge is 0.411 e. The van der Waals surface area contributed by atoms with Crippen molar-refractivity contribution in [3.63, 3.8) is 0 Å². The van der Waals surface area contributed by atoms with Gasteiger partial charge in [-0.2, -0.15) is 13.2 Å². The number of aromatic nitrogens is 3. The van der Waals surface area contributed by atoms with Gasteiger partial charge in [-0.25, -0.2) is 9.48 Å². The van der Waals surface area contributed by atoms with Crippen LogP contribution in [-0.4, -0.2) is 45.5 Å². The van der Waals surface area contributed by atoms with E-state index in [9.17, 15) is 18.0 Å². The fourth-order valence-electron chi connectivity index (χ4n) is 1.22. The number of carboxylic acid groups (broad SMARTS) is 1. The third-order valence-electron chi connectivity index (χ3n) is 1.95. The molecule has 0 unspecified atom stereocenters. The van der Waals surface area contributed by atoms with E-state index in [2.05, 4.69) is 15.0 Å². The lowest BCUT2D eigenvalue weighted by molar-refractivity contribution is -0.174. The van der Waals surface area contributed by atoms with Crippen molar-refractivity contribution in [1.29, 1.82) is 0 Å². The number of alkyl halides is 3. The molecule has 0 amide bonds. The first-order valence-electron chi connectivity index (χ1n) is 4.85. The normalized spacial score (nSPS) is 11.8. The third kappa shape index (κ3) is 3.96. The average molecular weight is 268 g/mol. The van der Waals surface area contributed by atoms with Gasteiger partial charge in [-0.15, -0.1) is 5.10 Å². The molecular weight excluding hydrogens is 257 g/mol. The molecule has 0 spiro atoms. The molecule has 0 aliphatic heterocycles. The molecule has 0 fully saturated rings. The SMILES string of the molecule is NCc1c(C(=O)O)nnn1CCOCC(F)(F)F. The number of hydrogen-bond donors (Lipinski definition) is 2. The van der Waals surface area contributed by atoms with E-state index in [0.29, 0.717) is 0 Å². The standard InChI is InChI=1S/C8H11F3N4O3/c9-8(10,11)4-18-2-1-15-5(3-12)6(7(16)17)13-14-15/h1-4,12H2,(H,16,17). The van der Waals surface area contributed by atoms with Crippen molar-refractivity contribution in [1.82, 2.24) is 15.0 Å². The maximum atomic E-state index is 11.8. The van der Waals surface area contributed by atoms with Crippen LogP contribution in [0.15, 0.2) is 0 Å². The summed E-state index contributed by atoms with van der Waals surface area (Å²) in [5.74, 6) is -1.29. The monoisotopic (exact) mass is 268 g/mol. The summed E-state index contributed by atoms with van der Waals surface area (Å²) in [5, 5.41) is 15.6. The van der Waals surface area contributed by atoms with Gasteiger partial charge in [0.05, 0.1) is 18.8 Å². The van der Waals surface area contributed by atoms with Gasteiger partial charge in [-0.3, -0.25) is 0 Å². The van der Waals surface area contributed by atoms with Crippen LogP contribution in [0.5, 0.6) is 0 Å². The topological polar surface area (TPSA) is 103 Å². The zero-order chi connectivity index (χ0) is 13.8. The summed E-state index contributed by atoms with van der Waals surface area (Å²) in [6, 6.07) is 0. The maximum Gasteiger partial charge on any atom is 0.411 e. The van der Waals surface area contributed by atoms with E-state index in [0.717, 1.165) is 4.68 Å². The molecule has 0 aromatic carbocycles. The van der Waals surface area contributed by atoms with Gasteiger partial charge in [0.2, 0.25) is 0 Å². The first-order chi connectivity index (χ1) is 8.35. The van der Waals surface area contributed by atoms with Crippen molar-refractivity contribution >= 4 is 5.97 Å². The maximum absolute atomic E-state index is 11.8. The van der Waals surface area contributed by atoms with Crippen LogP contribution < -0.4 is 5.73 Å². The van der Waals surface area contributed by atoms with Crippen LogP contribution in [0.25, 0.3) is 0 Å². The molecule has 1 aromatic heterocycles. The van der Waals surface area contributed by atoms with Crippen LogP contribution in [0.1, 0.15) is 16.2 Å². The minimum Gasteiger partial charge on any atom is -0.476 e. The van der Waals surface area contributed by atoms with Crippen molar-refractivity contribution in [3.05, 3.63) is 11.4 Å². The molecule has 0 aliphatic rings. The van der Waals surface area contributed by atoms with E-state index in [4.69, 9.17) is 10.8 Å². The van der Waals surface area contributed by atoms with Gasteiger partial charge in [0.25, 0.3) is 0 Å². The lowest BCUT2D eigenvalue weighted by Crippen LogP contribution is -2.20. The minimum atomic E-state index is -4.40. The second-order valence-corrected chi connectivity index (χ2v) is 3.28. The Balaban J connectivity index is 2.55. The Kier molecular flexibility index (Phi) is 4.62. The summed E-state index contributed by atoms with van der Waals surface area (Å²) in [6.45, 7) is -1.82. The van der Waals surface area contributed by atoms with Gasteiger partial charge >= 0.3 is 12.1 Å². The zero-order valence-corrected chi connectivity index (χ0v) is 9.15. The largest absolute Gasteiger partial charge is 0.476 e.